The van der Waals surface area contributed by atoms with E-state index in [9.17, 15) is 9.90 Å². The molecule has 0 unspecified atom stereocenters. The standard InChI is InChI=1S/C14H16N2O2/c17-13-6-2-1-5-12(13)14(18)7-3-4-9-16-10-8-15-11-16/h1-2,5-6,8,10-11,17H,3-4,7,9H2. The molecular weight excluding hydrogens is 228 g/mol. The van der Waals surface area contributed by atoms with E-state index in [0.717, 1.165) is 19.4 Å². The molecule has 0 aliphatic rings. The first-order valence-electron chi connectivity index (χ1n) is 6.04. The van der Waals surface area contributed by atoms with Crippen LogP contribution in [-0.2, 0) is 6.54 Å². The third-order valence-electron chi connectivity index (χ3n) is 2.83. The average molecular weight is 244 g/mol. The predicted molar refractivity (Wildman–Crippen MR) is 68.5 cm³/mol. The van der Waals surface area contributed by atoms with E-state index in [-0.39, 0.29) is 11.5 Å². The van der Waals surface area contributed by atoms with Crippen LogP contribution in [0.2, 0.25) is 0 Å². The fraction of sp³-hybridized carbons (Fsp3) is 0.286. The van der Waals surface area contributed by atoms with Gasteiger partial charge < -0.3 is 9.67 Å². The van der Waals surface area contributed by atoms with Gasteiger partial charge in [-0.2, -0.15) is 0 Å². The SMILES string of the molecule is O=C(CCCCn1ccnc1)c1ccccc1O. The number of imidazole rings is 1. The van der Waals surface area contributed by atoms with Crippen molar-refractivity contribution in [1.29, 1.82) is 0 Å². The number of aromatic nitrogens is 2. The van der Waals surface area contributed by atoms with Gasteiger partial charge in [-0.15, -0.1) is 0 Å². The average Bonchev–Trinajstić information content (AvgIpc) is 2.88. The van der Waals surface area contributed by atoms with Crippen LogP contribution >= 0.6 is 0 Å². The number of para-hydroxylation sites is 1. The molecule has 0 saturated carbocycles. The molecule has 4 heteroatoms. The molecular formula is C14H16N2O2. The Morgan fingerprint density at radius 1 is 1.28 bits per heavy atom. The van der Waals surface area contributed by atoms with Crippen molar-refractivity contribution in [2.75, 3.05) is 0 Å². The Morgan fingerprint density at radius 3 is 2.83 bits per heavy atom. The van der Waals surface area contributed by atoms with Gasteiger partial charge in [0.2, 0.25) is 0 Å². The molecule has 18 heavy (non-hydrogen) atoms. The maximum atomic E-state index is 11.8. The normalized spacial score (nSPS) is 10.4. The maximum absolute atomic E-state index is 11.8. The van der Waals surface area contributed by atoms with E-state index in [4.69, 9.17) is 0 Å². The lowest BCUT2D eigenvalue weighted by Gasteiger charge is -2.04. The second-order valence-electron chi connectivity index (χ2n) is 4.20. The summed E-state index contributed by atoms with van der Waals surface area (Å²) in [5, 5.41) is 9.55. The second-order valence-corrected chi connectivity index (χ2v) is 4.20. The minimum Gasteiger partial charge on any atom is -0.507 e. The number of carbonyl (C=O) groups is 1. The molecule has 2 rings (SSSR count). The molecule has 0 radical (unpaired) electrons. The molecule has 94 valence electrons. The van der Waals surface area contributed by atoms with Gasteiger partial charge in [-0.1, -0.05) is 12.1 Å². The summed E-state index contributed by atoms with van der Waals surface area (Å²) in [5.41, 5.74) is 0.417. The quantitative estimate of drug-likeness (QED) is 0.627. The molecule has 1 aromatic carbocycles. The van der Waals surface area contributed by atoms with Crippen LogP contribution in [0.1, 0.15) is 29.6 Å². The van der Waals surface area contributed by atoms with Gasteiger partial charge in [0.1, 0.15) is 5.75 Å². The zero-order valence-corrected chi connectivity index (χ0v) is 10.1. The van der Waals surface area contributed by atoms with E-state index >= 15 is 0 Å². The van der Waals surface area contributed by atoms with Crippen molar-refractivity contribution in [1.82, 2.24) is 9.55 Å². The summed E-state index contributed by atoms with van der Waals surface area (Å²) < 4.78 is 1.99. The van der Waals surface area contributed by atoms with Crippen molar-refractivity contribution in [2.24, 2.45) is 0 Å². The zero-order valence-electron chi connectivity index (χ0n) is 10.1. The molecule has 0 aliphatic heterocycles. The first kappa shape index (κ1) is 12.4. The number of hydrogen-bond donors (Lipinski definition) is 1. The van der Waals surface area contributed by atoms with Crippen LogP contribution in [0.25, 0.3) is 0 Å². The summed E-state index contributed by atoms with van der Waals surface area (Å²) in [5.74, 6) is 0.0656. The summed E-state index contributed by atoms with van der Waals surface area (Å²) >= 11 is 0. The minimum absolute atomic E-state index is 0.00117. The van der Waals surface area contributed by atoms with Gasteiger partial charge in [0.25, 0.3) is 0 Å². The van der Waals surface area contributed by atoms with Gasteiger partial charge in [-0.05, 0) is 25.0 Å². The van der Waals surface area contributed by atoms with Crippen molar-refractivity contribution in [3.63, 3.8) is 0 Å². The summed E-state index contributed by atoms with van der Waals surface area (Å²) in [6, 6.07) is 6.68. The van der Waals surface area contributed by atoms with Crippen molar-refractivity contribution in [2.45, 2.75) is 25.8 Å². The van der Waals surface area contributed by atoms with Gasteiger partial charge in [0.05, 0.1) is 11.9 Å². The number of ketones is 1. The van der Waals surface area contributed by atoms with E-state index in [1.165, 1.54) is 0 Å². The highest BCUT2D eigenvalue weighted by atomic mass is 16.3. The number of carbonyl (C=O) groups excluding carboxylic acids is 1. The van der Waals surface area contributed by atoms with Crippen molar-refractivity contribution in [3.05, 3.63) is 48.5 Å². The Labute approximate surface area is 106 Å². The zero-order chi connectivity index (χ0) is 12.8. The van der Waals surface area contributed by atoms with Gasteiger partial charge in [-0.25, -0.2) is 4.98 Å². The number of phenols is 1. The molecule has 0 spiro atoms. The van der Waals surface area contributed by atoms with Crippen LogP contribution in [-0.4, -0.2) is 20.4 Å². The molecule has 0 bridgehead atoms. The van der Waals surface area contributed by atoms with E-state index in [2.05, 4.69) is 4.98 Å². The molecule has 0 amide bonds. The lowest BCUT2D eigenvalue weighted by molar-refractivity contribution is 0.0976. The van der Waals surface area contributed by atoms with E-state index in [1.807, 2.05) is 10.8 Å². The summed E-state index contributed by atoms with van der Waals surface area (Å²) in [7, 11) is 0. The number of Topliss-reactive ketones (excluding diaryl/α,β-unsaturated/α-hetero) is 1. The van der Waals surface area contributed by atoms with Gasteiger partial charge in [0.15, 0.2) is 5.78 Å². The topological polar surface area (TPSA) is 55.1 Å². The Kier molecular flexibility index (Phi) is 4.12. The lowest BCUT2D eigenvalue weighted by Crippen LogP contribution is -2.01. The van der Waals surface area contributed by atoms with Crippen LogP contribution < -0.4 is 0 Å². The highest BCUT2D eigenvalue weighted by Gasteiger charge is 2.09. The van der Waals surface area contributed by atoms with E-state index < -0.39 is 0 Å². The number of aromatic hydroxyl groups is 1. The Bertz CT molecular complexity index is 506. The number of hydrogen-bond acceptors (Lipinski definition) is 3. The van der Waals surface area contributed by atoms with Crippen molar-refractivity contribution < 1.29 is 9.90 Å². The van der Waals surface area contributed by atoms with Gasteiger partial charge in [-0.3, -0.25) is 4.79 Å². The Morgan fingerprint density at radius 2 is 2.11 bits per heavy atom. The molecule has 0 atom stereocenters. The molecule has 2 aromatic rings. The van der Waals surface area contributed by atoms with Crippen LogP contribution in [0.5, 0.6) is 5.75 Å². The fourth-order valence-corrected chi connectivity index (χ4v) is 1.84. The third kappa shape index (κ3) is 3.20. The molecule has 0 saturated heterocycles. The highest BCUT2D eigenvalue weighted by Crippen LogP contribution is 2.18. The predicted octanol–water partition coefficient (Wildman–Crippen LogP) is 2.64. The Balaban J connectivity index is 1.77. The van der Waals surface area contributed by atoms with Crippen LogP contribution in [0, 0.1) is 0 Å². The fourth-order valence-electron chi connectivity index (χ4n) is 1.84. The maximum Gasteiger partial charge on any atom is 0.166 e. The lowest BCUT2D eigenvalue weighted by atomic mass is 10.0. The smallest absolute Gasteiger partial charge is 0.166 e. The number of rotatable bonds is 6. The van der Waals surface area contributed by atoms with E-state index in [0.29, 0.717) is 12.0 Å². The minimum atomic E-state index is -0.00117. The monoisotopic (exact) mass is 244 g/mol. The number of nitrogens with zero attached hydrogens (tertiary/aromatic N) is 2. The first-order chi connectivity index (χ1) is 8.77. The molecule has 1 N–H and O–H groups in total. The van der Waals surface area contributed by atoms with Gasteiger partial charge >= 0.3 is 0 Å². The van der Waals surface area contributed by atoms with E-state index in [1.54, 1.807) is 36.8 Å². The number of phenolic OH excluding ortho intramolecular Hbond substituents is 1. The summed E-state index contributed by atoms with van der Waals surface area (Å²) in [6.07, 6.45) is 7.62. The van der Waals surface area contributed by atoms with Crippen molar-refractivity contribution in [3.8, 4) is 5.75 Å². The summed E-state index contributed by atoms with van der Waals surface area (Å²) in [6.45, 7) is 0.869. The Hall–Kier alpha value is -2.10. The van der Waals surface area contributed by atoms with Gasteiger partial charge in [0, 0.05) is 25.4 Å². The highest BCUT2D eigenvalue weighted by molar-refractivity contribution is 5.98. The van der Waals surface area contributed by atoms with Crippen molar-refractivity contribution >= 4 is 5.78 Å². The summed E-state index contributed by atoms with van der Waals surface area (Å²) in [4.78, 5) is 15.8. The molecule has 0 fully saturated rings. The van der Waals surface area contributed by atoms with Crippen LogP contribution in [0.4, 0.5) is 0 Å². The molecule has 1 aromatic heterocycles. The number of unbranched alkanes of at least 4 members (excludes halogenated alkanes) is 1. The first-order valence-corrected chi connectivity index (χ1v) is 6.04. The number of benzene rings is 1. The number of aryl methyl sites for hydroxylation is 1. The molecule has 4 nitrogen and oxygen atoms in total. The molecule has 0 aliphatic carbocycles. The van der Waals surface area contributed by atoms with Crippen LogP contribution in [0.15, 0.2) is 43.0 Å². The third-order valence-corrected chi connectivity index (χ3v) is 2.83. The van der Waals surface area contributed by atoms with Crippen LogP contribution in [0.3, 0.4) is 0 Å². The second kappa shape index (κ2) is 6.00. The largest absolute Gasteiger partial charge is 0.507 e. The molecule has 1 heterocycles.